The summed E-state index contributed by atoms with van der Waals surface area (Å²) in [5.74, 6) is 0.702. The summed E-state index contributed by atoms with van der Waals surface area (Å²) in [6.07, 6.45) is 6.27. The van der Waals surface area contributed by atoms with Crippen LogP contribution in [-0.2, 0) is 4.79 Å². The number of hydrogen-bond donors (Lipinski definition) is 0. The Labute approximate surface area is 110 Å². The zero-order valence-electron chi connectivity index (χ0n) is 11.3. The van der Waals surface area contributed by atoms with Crippen LogP contribution in [0.5, 0.6) is 0 Å². The van der Waals surface area contributed by atoms with E-state index in [4.69, 9.17) is 0 Å². The molecule has 0 aromatic heterocycles. The summed E-state index contributed by atoms with van der Waals surface area (Å²) in [4.78, 5) is 15.5. The number of carbonyl (C=O) groups is 1. The molecule has 1 amide bonds. The Balaban J connectivity index is 1.90. The lowest BCUT2D eigenvalue weighted by molar-refractivity contribution is -0.130. The molecule has 1 saturated heterocycles. The third kappa shape index (κ3) is 3.02. The Kier molecular flexibility index (Phi) is 4.60. The first-order valence-corrected chi connectivity index (χ1v) is 7.11. The van der Waals surface area contributed by atoms with Crippen molar-refractivity contribution in [3.8, 4) is 6.07 Å². The van der Waals surface area contributed by atoms with Gasteiger partial charge in [0.05, 0.1) is 6.07 Å². The van der Waals surface area contributed by atoms with E-state index < -0.39 is 0 Å². The minimum Gasteiger partial charge on any atom is -0.340 e. The molecule has 0 N–H and O–H groups in total. The fourth-order valence-electron chi connectivity index (χ4n) is 3.25. The average Bonchev–Trinajstić information content (AvgIpc) is 2.41. The zero-order chi connectivity index (χ0) is 13.0. The Hall–Kier alpha value is -1.08. The van der Waals surface area contributed by atoms with Crippen molar-refractivity contribution in [1.29, 1.82) is 5.26 Å². The number of amides is 1. The topological polar surface area (TPSA) is 47.3 Å². The van der Waals surface area contributed by atoms with Crippen LogP contribution in [0, 0.1) is 17.2 Å². The van der Waals surface area contributed by atoms with Crippen molar-refractivity contribution in [3.05, 3.63) is 0 Å². The van der Waals surface area contributed by atoms with E-state index in [2.05, 4.69) is 11.0 Å². The maximum absolute atomic E-state index is 11.3. The molecular formula is C14H23N3O. The van der Waals surface area contributed by atoms with Gasteiger partial charge in [-0.05, 0) is 18.8 Å². The van der Waals surface area contributed by atoms with Gasteiger partial charge in [0.15, 0.2) is 0 Å². The van der Waals surface area contributed by atoms with E-state index in [1.165, 1.54) is 32.1 Å². The smallest absolute Gasteiger partial charge is 0.219 e. The maximum Gasteiger partial charge on any atom is 0.219 e. The van der Waals surface area contributed by atoms with Crippen molar-refractivity contribution >= 4 is 5.91 Å². The van der Waals surface area contributed by atoms with Gasteiger partial charge in [-0.3, -0.25) is 9.69 Å². The predicted molar refractivity (Wildman–Crippen MR) is 69.8 cm³/mol. The van der Waals surface area contributed by atoms with Crippen molar-refractivity contribution < 1.29 is 4.79 Å². The van der Waals surface area contributed by atoms with Crippen molar-refractivity contribution in [2.24, 2.45) is 5.92 Å². The highest BCUT2D eigenvalue weighted by atomic mass is 16.2. The standard InChI is InChI=1S/C14H23N3O/c1-12(18)16-7-9-17(10-8-16)14(11-15)13-5-3-2-4-6-13/h13-14H,2-10H2,1H3. The van der Waals surface area contributed by atoms with Crippen LogP contribution in [0.4, 0.5) is 0 Å². The summed E-state index contributed by atoms with van der Waals surface area (Å²) < 4.78 is 0. The van der Waals surface area contributed by atoms with Crippen LogP contribution in [0.1, 0.15) is 39.0 Å². The summed E-state index contributed by atoms with van der Waals surface area (Å²) in [6, 6.07) is 2.58. The van der Waals surface area contributed by atoms with Crippen LogP contribution in [0.2, 0.25) is 0 Å². The Morgan fingerprint density at radius 1 is 1.17 bits per heavy atom. The molecule has 1 unspecified atom stereocenters. The molecule has 100 valence electrons. The van der Waals surface area contributed by atoms with Crippen LogP contribution < -0.4 is 0 Å². The molecule has 2 fully saturated rings. The lowest BCUT2D eigenvalue weighted by Gasteiger charge is -2.40. The van der Waals surface area contributed by atoms with Crippen LogP contribution in [-0.4, -0.2) is 47.9 Å². The molecule has 0 spiro atoms. The van der Waals surface area contributed by atoms with Crippen molar-refractivity contribution in [2.75, 3.05) is 26.2 Å². The van der Waals surface area contributed by atoms with Gasteiger partial charge in [-0.1, -0.05) is 19.3 Å². The van der Waals surface area contributed by atoms with E-state index >= 15 is 0 Å². The van der Waals surface area contributed by atoms with Crippen molar-refractivity contribution in [3.63, 3.8) is 0 Å². The molecule has 0 aromatic carbocycles. The number of piperazine rings is 1. The van der Waals surface area contributed by atoms with E-state index in [0.717, 1.165) is 26.2 Å². The minimum absolute atomic E-state index is 0.0689. The first-order valence-electron chi connectivity index (χ1n) is 7.11. The van der Waals surface area contributed by atoms with E-state index in [0.29, 0.717) is 5.92 Å². The SMILES string of the molecule is CC(=O)N1CCN(C(C#N)C2CCCCC2)CC1. The Bertz CT molecular complexity index is 322. The molecule has 0 aromatic rings. The predicted octanol–water partition coefficient (Wildman–Crippen LogP) is 1.62. The summed E-state index contributed by atoms with van der Waals surface area (Å²) in [6.45, 7) is 4.89. The number of nitrogens with zero attached hydrogens (tertiary/aromatic N) is 3. The minimum atomic E-state index is 0.0689. The van der Waals surface area contributed by atoms with Crippen LogP contribution >= 0.6 is 0 Å². The van der Waals surface area contributed by atoms with Gasteiger partial charge in [0.25, 0.3) is 0 Å². The molecule has 1 saturated carbocycles. The fourth-order valence-corrected chi connectivity index (χ4v) is 3.25. The summed E-state index contributed by atoms with van der Waals surface area (Å²) >= 11 is 0. The molecule has 2 aliphatic rings. The normalized spacial score (nSPS) is 24.6. The molecule has 0 radical (unpaired) electrons. The zero-order valence-corrected chi connectivity index (χ0v) is 11.3. The van der Waals surface area contributed by atoms with Gasteiger partial charge in [-0.2, -0.15) is 5.26 Å². The molecule has 1 atom stereocenters. The lowest BCUT2D eigenvalue weighted by atomic mass is 9.83. The Morgan fingerprint density at radius 3 is 2.28 bits per heavy atom. The number of carbonyl (C=O) groups excluding carboxylic acids is 1. The van der Waals surface area contributed by atoms with Gasteiger partial charge in [0.1, 0.15) is 6.04 Å². The van der Waals surface area contributed by atoms with Crippen LogP contribution in [0.3, 0.4) is 0 Å². The van der Waals surface area contributed by atoms with E-state index in [1.807, 2.05) is 4.90 Å². The van der Waals surface area contributed by atoms with Crippen LogP contribution in [0.15, 0.2) is 0 Å². The molecular weight excluding hydrogens is 226 g/mol. The Morgan fingerprint density at radius 2 is 1.78 bits per heavy atom. The first kappa shape index (κ1) is 13.4. The third-order valence-electron chi connectivity index (χ3n) is 4.38. The first-order chi connectivity index (χ1) is 8.72. The van der Waals surface area contributed by atoms with E-state index in [1.54, 1.807) is 6.92 Å². The number of rotatable bonds is 2. The molecule has 4 heteroatoms. The number of nitriles is 1. The molecule has 0 bridgehead atoms. The largest absolute Gasteiger partial charge is 0.340 e. The molecule has 4 nitrogen and oxygen atoms in total. The van der Waals surface area contributed by atoms with E-state index in [-0.39, 0.29) is 11.9 Å². The van der Waals surface area contributed by atoms with Gasteiger partial charge < -0.3 is 4.90 Å². The summed E-state index contributed by atoms with van der Waals surface area (Å²) in [5, 5.41) is 9.43. The highest BCUT2D eigenvalue weighted by Crippen LogP contribution is 2.29. The second kappa shape index (κ2) is 6.19. The maximum atomic E-state index is 11.3. The molecule has 18 heavy (non-hydrogen) atoms. The molecule has 1 aliphatic carbocycles. The van der Waals surface area contributed by atoms with Crippen molar-refractivity contribution in [2.45, 2.75) is 45.1 Å². The van der Waals surface area contributed by atoms with Crippen LogP contribution in [0.25, 0.3) is 0 Å². The average molecular weight is 249 g/mol. The van der Waals surface area contributed by atoms with Gasteiger partial charge in [0, 0.05) is 33.1 Å². The molecule has 2 rings (SSSR count). The fraction of sp³-hybridized carbons (Fsp3) is 0.857. The second-order valence-electron chi connectivity index (χ2n) is 5.51. The van der Waals surface area contributed by atoms with Crippen molar-refractivity contribution in [1.82, 2.24) is 9.80 Å². The summed E-state index contributed by atoms with van der Waals surface area (Å²) in [7, 11) is 0. The highest BCUT2D eigenvalue weighted by Gasteiger charge is 2.31. The monoisotopic (exact) mass is 249 g/mol. The number of hydrogen-bond acceptors (Lipinski definition) is 3. The van der Waals surface area contributed by atoms with Gasteiger partial charge >= 0.3 is 0 Å². The van der Waals surface area contributed by atoms with Gasteiger partial charge in [0.2, 0.25) is 5.91 Å². The molecule has 1 heterocycles. The van der Waals surface area contributed by atoms with Gasteiger partial charge in [-0.15, -0.1) is 0 Å². The van der Waals surface area contributed by atoms with E-state index in [9.17, 15) is 10.1 Å². The summed E-state index contributed by atoms with van der Waals surface area (Å²) in [5.41, 5.74) is 0. The third-order valence-corrected chi connectivity index (χ3v) is 4.38. The molecule has 1 aliphatic heterocycles. The second-order valence-corrected chi connectivity index (χ2v) is 5.51. The quantitative estimate of drug-likeness (QED) is 0.747. The lowest BCUT2D eigenvalue weighted by Crippen LogP contribution is -2.53. The van der Waals surface area contributed by atoms with Gasteiger partial charge in [-0.25, -0.2) is 0 Å². The highest BCUT2D eigenvalue weighted by molar-refractivity contribution is 5.73.